The van der Waals surface area contributed by atoms with Crippen LogP contribution in [-0.2, 0) is 17.6 Å². The van der Waals surface area contributed by atoms with Crippen molar-refractivity contribution in [2.45, 2.75) is 12.8 Å². The molecule has 23 heavy (non-hydrogen) atoms. The van der Waals surface area contributed by atoms with Crippen LogP contribution >= 0.6 is 11.3 Å². The van der Waals surface area contributed by atoms with Gasteiger partial charge in [0.25, 0.3) is 5.78 Å². The molecule has 0 radical (unpaired) electrons. The first-order chi connectivity index (χ1) is 11.1. The van der Waals surface area contributed by atoms with Crippen LogP contribution in [0.5, 0.6) is 0 Å². The molecule has 3 aromatic rings. The lowest BCUT2D eigenvalue weighted by Gasteiger charge is -1.98. The standard InChI is InChI=1S/C14H10FN5O2S/c15-9-3-1-2-8(4-9)5-10-7-23-12(16-10)6-11(21)13(22)14-17-19-20-18-14/h1-4,7H,5-6H2,(H,17,18,19,20). The van der Waals surface area contributed by atoms with Crippen LogP contribution in [0.25, 0.3) is 0 Å². The molecule has 1 N–H and O–H groups in total. The Morgan fingerprint density at radius 2 is 2.17 bits per heavy atom. The van der Waals surface area contributed by atoms with Crippen LogP contribution in [0, 0.1) is 5.82 Å². The van der Waals surface area contributed by atoms with E-state index in [1.54, 1.807) is 17.5 Å². The van der Waals surface area contributed by atoms with E-state index in [1.807, 2.05) is 0 Å². The molecule has 0 bridgehead atoms. The fraction of sp³-hybridized carbons (Fsp3) is 0.143. The van der Waals surface area contributed by atoms with Gasteiger partial charge < -0.3 is 0 Å². The van der Waals surface area contributed by atoms with Crippen molar-refractivity contribution in [2.75, 3.05) is 0 Å². The molecule has 3 rings (SSSR count). The second-order valence-corrected chi connectivity index (χ2v) is 5.65. The van der Waals surface area contributed by atoms with E-state index in [4.69, 9.17) is 0 Å². The van der Waals surface area contributed by atoms with Gasteiger partial charge in [0, 0.05) is 11.8 Å². The second-order valence-electron chi connectivity index (χ2n) is 4.70. The molecular weight excluding hydrogens is 321 g/mol. The smallest absolute Gasteiger partial charge is 0.269 e. The maximum Gasteiger partial charge on any atom is 0.269 e. The third kappa shape index (κ3) is 3.69. The van der Waals surface area contributed by atoms with Crippen molar-refractivity contribution in [3.05, 3.63) is 57.6 Å². The Labute approximate surface area is 133 Å². The summed E-state index contributed by atoms with van der Waals surface area (Å²) in [5, 5.41) is 14.6. The highest BCUT2D eigenvalue weighted by Crippen LogP contribution is 2.15. The molecule has 0 atom stereocenters. The normalized spacial score (nSPS) is 10.7. The average molecular weight is 331 g/mol. The van der Waals surface area contributed by atoms with Crippen molar-refractivity contribution in [1.82, 2.24) is 25.6 Å². The minimum atomic E-state index is -0.805. The van der Waals surface area contributed by atoms with Gasteiger partial charge in [0.1, 0.15) is 10.8 Å². The number of tetrazole rings is 1. The summed E-state index contributed by atoms with van der Waals surface area (Å²) in [6, 6.07) is 6.24. The summed E-state index contributed by atoms with van der Waals surface area (Å²) >= 11 is 1.27. The molecule has 9 heteroatoms. The number of nitrogens with zero attached hydrogens (tertiary/aromatic N) is 4. The highest BCUT2D eigenvalue weighted by molar-refractivity contribution is 7.09. The van der Waals surface area contributed by atoms with Gasteiger partial charge in [0.2, 0.25) is 11.6 Å². The largest absolute Gasteiger partial charge is 0.290 e. The second kappa shape index (κ2) is 6.53. The van der Waals surface area contributed by atoms with Crippen LogP contribution in [0.4, 0.5) is 4.39 Å². The maximum absolute atomic E-state index is 13.2. The number of H-pyrrole nitrogens is 1. The summed E-state index contributed by atoms with van der Waals surface area (Å²) in [7, 11) is 0. The summed E-state index contributed by atoms with van der Waals surface area (Å²) in [6.07, 6.45) is 0.336. The number of aromatic amines is 1. The van der Waals surface area contributed by atoms with Crippen LogP contribution in [0.3, 0.4) is 0 Å². The molecule has 116 valence electrons. The summed E-state index contributed by atoms with van der Waals surface area (Å²) in [5.74, 6) is -2.02. The van der Waals surface area contributed by atoms with Crippen molar-refractivity contribution >= 4 is 22.9 Å². The summed E-state index contributed by atoms with van der Waals surface area (Å²) in [5.41, 5.74) is 1.51. The molecule has 0 saturated carbocycles. The monoisotopic (exact) mass is 331 g/mol. The van der Waals surface area contributed by atoms with E-state index in [-0.39, 0.29) is 18.1 Å². The molecule has 0 aliphatic heterocycles. The number of hydrogen-bond donors (Lipinski definition) is 1. The Hall–Kier alpha value is -2.81. The first kappa shape index (κ1) is 15.1. The van der Waals surface area contributed by atoms with E-state index in [0.717, 1.165) is 11.3 Å². The van der Waals surface area contributed by atoms with Crippen LogP contribution in [-0.4, -0.2) is 37.2 Å². The third-order valence-electron chi connectivity index (χ3n) is 2.99. The van der Waals surface area contributed by atoms with Crippen molar-refractivity contribution in [2.24, 2.45) is 0 Å². The van der Waals surface area contributed by atoms with Gasteiger partial charge in [0.05, 0.1) is 12.1 Å². The van der Waals surface area contributed by atoms with Crippen molar-refractivity contribution in [1.29, 1.82) is 0 Å². The molecule has 7 nitrogen and oxygen atoms in total. The third-order valence-corrected chi connectivity index (χ3v) is 3.88. The minimum absolute atomic E-state index is 0.124. The highest BCUT2D eigenvalue weighted by Gasteiger charge is 2.22. The average Bonchev–Trinajstić information content (AvgIpc) is 3.18. The zero-order chi connectivity index (χ0) is 16.2. The summed E-state index contributed by atoms with van der Waals surface area (Å²) in [4.78, 5) is 27.9. The van der Waals surface area contributed by atoms with E-state index < -0.39 is 11.6 Å². The number of ketones is 2. The van der Waals surface area contributed by atoms with E-state index >= 15 is 0 Å². The first-order valence-electron chi connectivity index (χ1n) is 6.60. The molecule has 0 aliphatic rings. The number of nitrogens with one attached hydrogen (secondary N) is 1. The van der Waals surface area contributed by atoms with Crippen LogP contribution in [0.1, 0.15) is 26.9 Å². The molecule has 1 aromatic carbocycles. The Bertz CT molecular complexity index is 846. The van der Waals surface area contributed by atoms with Gasteiger partial charge in [-0.1, -0.05) is 12.1 Å². The number of Topliss-reactive ketones (excluding diaryl/α,β-unsaturated/α-hetero) is 2. The molecular formula is C14H10FN5O2S. The zero-order valence-corrected chi connectivity index (χ0v) is 12.5. The first-order valence-corrected chi connectivity index (χ1v) is 7.48. The molecule has 0 aliphatic carbocycles. The van der Waals surface area contributed by atoms with Crippen LogP contribution < -0.4 is 0 Å². The maximum atomic E-state index is 13.2. The summed E-state index contributed by atoms with van der Waals surface area (Å²) in [6.45, 7) is 0. The number of rotatable bonds is 6. The van der Waals surface area contributed by atoms with E-state index in [9.17, 15) is 14.0 Å². The Morgan fingerprint density at radius 3 is 2.91 bits per heavy atom. The minimum Gasteiger partial charge on any atom is -0.290 e. The molecule has 0 spiro atoms. The van der Waals surface area contributed by atoms with Crippen molar-refractivity contribution in [3.8, 4) is 0 Å². The molecule has 0 fully saturated rings. The van der Waals surface area contributed by atoms with Gasteiger partial charge >= 0.3 is 0 Å². The van der Waals surface area contributed by atoms with E-state index in [2.05, 4.69) is 25.6 Å². The van der Waals surface area contributed by atoms with Gasteiger partial charge in [-0.2, -0.15) is 5.21 Å². The van der Waals surface area contributed by atoms with Crippen molar-refractivity contribution < 1.29 is 14.0 Å². The lowest BCUT2D eigenvalue weighted by Crippen LogP contribution is -2.18. The van der Waals surface area contributed by atoms with E-state index in [0.29, 0.717) is 11.4 Å². The topological polar surface area (TPSA) is 101 Å². The summed E-state index contributed by atoms with van der Waals surface area (Å²) < 4.78 is 13.2. The number of carbonyl (C=O) groups excluding carboxylic acids is 2. The number of halogens is 1. The number of benzene rings is 1. The quantitative estimate of drug-likeness (QED) is 0.541. The van der Waals surface area contributed by atoms with Gasteiger partial charge in [0.15, 0.2) is 0 Å². The van der Waals surface area contributed by atoms with E-state index in [1.165, 1.54) is 23.5 Å². The number of aromatic nitrogens is 5. The molecule has 0 saturated heterocycles. The van der Waals surface area contributed by atoms with Crippen LogP contribution in [0.2, 0.25) is 0 Å². The van der Waals surface area contributed by atoms with Crippen LogP contribution in [0.15, 0.2) is 29.6 Å². The fourth-order valence-corrected chi connectivity index (χ4v) is 2.76. The zero-order valence-electron chi connectivity index (χ0n) is 11.7. The Kier molecular flexibility index (Phi) is 4.29. The van der Waals surface area contributed by atoms with Gasteiger partial charge in [-0.25, -0.2) is 9.37 Å². The molecule has 2 aromatic heterocycles. The lowest BCUT2D eigenvalue weighted by atomic mass is 10.1. The van der Waals surface area contributed by atoms with Crippen molar-refractivity contribution in [3.63, 3.8) is 0 Å². The molecule has 0 amide bonds. The lowest BCUT2D eigenvalue weighted by molar-refractivity contribution is -0.114. The predicted octanol–water partition coefficient (Wildman–Crippen LogP) is 1.38. The molecule has 0 unspecified atom stereocenters. The molecule has 2 heterocycles. The number of carbonyl (C=O) groups is 2. The van der Waals surface area contributed by atoms with Gasteiger partial charge in [-0.3, -0.25) is 9.59 Å². The highest BCUT2D eigenvalue weighted by atomic mass is 32.1. The predicted molar refractivity (Wildman–Crippen MR) is 78.5 cm³/mol. The number of hydrogen-bond acceptors (Lipinski definition) is 7. The number of thiazole rings is 1. The SMILES string of the molecule is O=C(Cc1nc(Cc2cccc(F)c2)cs1)C(=O)c1nn[nH]n1. The Balaban J connectivity index is 1.65. The Morgan fingerprint density at radius 1 is 1.30 bits per heavy atom. The van der Waals surface area contributed by atoms with Gasteiger partial charge in [-0.15, -0.1) is 21.5 Å². The van der Waals surface area contributed by atoms with Gasteiger partial charge in [-0.05, 0) is 22.9 Å². The fourth-order valence-electron chi connectivity index (χ4n) is 1.97.